The molecule has 0 unspecified atom stereocenters. The van der Waals surface area contributed by atoms with Gasteiger partial charge in [0, 0.05) is 25.7 Å². The number of hydrogen-bond donors (Lipinski definition) is 0. The molecule has 136 valence electrons. The highest BCUT2D eigenvalue weighted by Crippen LogP contribution is 2.21. The van der Waals surface area contributed by atoms with Crippen molar-refractivity contribution in [3.8, 4) is 5.75 Å². The lowest BCUT2D eigenvalue weighted by molar-refractivity contribution is -0.129. The van der Waals surface area contributed by atoms with Crippen molar-refractivity contribution in [3.63, 3.8) is 0 Å². The summed E-state index contributed by atoms with van der Waals surface area (Å²) in [6, 6.07) is 17.3. The van der Waals surface area contributed by atoms with Gasteiger partial charge in [0.05, 0.1) is 13.0 Å². The third-order valence-electron chi connectivity index (χ3n) is 4.54. The van der Waals surface area contributed by atoms with E-state index in [9.17, 15) is 9.59 Å². The zero-order valence-corrected chi connectivity index (χ0v) is 15.1. The number of carbonyl (C=O) groups is 2. The van der Waals surface area contributed by atoms with Crippen LogP contribution in [-0.2, 0) is 16.0 Å². The second-order valence-corrected chi connectivity index (χ2v) is 6.47. The summed E-state index contributed by atoms with van der Waals surface area (Å²) in [5, 5.41) is 0. The van der Waals surface area contributed by atoms with Gasteiger partial charge in [0.15, 0.2) is 0 Å². The lowest BCUT2D eigenvalue weighted by Crippen LogP contribution is -2.32. The number of anilines is 1. The largest absolute Gasteiger partial charge is 0.492 e. The molecular weight excluding hydrogens is 328 g/mol. The lowest BCUT2D eigenvalue weighted by atomic mass is 10.1. The van der Waals surface area contributed by atoms with E-state index >= 15 is 0 Å². The van der Waals surface area contributed by atoms with Crippen LogP contribution in [0.2, 0.25) is 0 Å². The van der Waals surface area contributed by atoms with E-state index in [1.807, 2.05) is 54.6 Å². The summed E-state index contributed by atoms with van der Waals surface area (Å²) in [6.45, 7) is 1.78. The number of amides is 2. The van der Waals surface area contributed by atoms with Gasteiger partial charge in [0.2, 0.25) is 11.8 Å². The van der Waals surface area contributed by atoms with Gasteiger partial charge in [-0.15, -0.1) is 0 Å². The molecule has 1 saturated heterocycles. The van der Waals surface area contributed by atoms with Gasteiger partial charge >= 0.3 is 0 Å². The maximum Gasteiger partial charge on any atom is 0.227 e. The number of benzene rings is 2. The maximum absolute atomic E-state index is 12.4. The van der Waals surface area contributed by atoms with Crippen LogP contribution >= 0.6 is 0 Å². The maximum atomic E-state index is 12.4. The third-order valence-corrected chi connectivity index (χ3v) is 4.54. The lowest BCUT2D eigenvalue weighted by Gasteiger charge is -2.18. The van der Waals surface area contributed by atoms with E-state index in [-0.39, 0.29) is 11.8 Å². The van der Waals surface area contributed by atoms with E-state index in [0.717, 1.165) is 30.0 Å². The quantitative estimate of drug-likeness (QED) is 0.770. The molecule has 0 bridgehead atoms. The summed E-state index contributed by atoms with van der Waals surface area (Å²) in [6.07, 6.45) is 1.88. The van der Waals surface area contributed by atoms with Crippen molar-refractivity contribution in [2.45, 2.75) is 19.3 Å². The Kier molecular flexibility index (Phi) is 5.89. The standard InChI is InChI=1S/C21H24N2O3/c1-22(14-15-26-19-6-3-2-4-7-19)21(25)16-17-9-11-18(12-10-17)23-13-5-8-20(23)24/h2-4,6-7,9-12H,5,8,13-16H2,1H3. The summed E-state index contributed by atoms with van der Waals surface area (Å²) < 4.78 is 5.63. The molecule has 5 nitrogen and oxygen atoms in total. The Labute approximate surface area is 154 Å². The number of likely N-dealkylation sites (N-methyl/N-ethyl adjacent to an activating group) is 1. The van der Waals surface area contributed by atoms with Gasteiger partial charge in [-0.1, -0.05) is 30.3 Å². The first-order valence-electron chi connectivity index (χ1n) is 8.94. The fourth-order valence-corrected chi connectivity index (χ4v) is 2.97. The smallest absolute Gasteiger partial charge is 0.227 e. The summed E-state index contributed by atoms with van der Waals surface area (Å²) in [5.74, 6) is 1.03. The van der Waals surface area contributed by atoms with Crippen molar-refractivity contribution < 1.29 is 14.3 Å². The SMILES string of the molecule is CN(CCOc1ccccc1)C(=O)Cc1ccc(N2CCCC2=O)cc1. The van der Waals surface area contributed by atoms with Gasteiger partial charge in [0.25, 0.3) is 0 Å². The van der Waals surface area contributed by atoms with Crippen LogP contribution in [0.3, 0.4) is 0 Å². The molecule has 0 spiro atoms. The van der Waals surface area contributed by atoms with Crippen LogP contribution in [0.5, 0.6) is 5.75 Å². The van der Waals surface area contributed by atoms with Crippen LogP contribution in [0.15, 0.2) is 54.6 Å². The highest BCUT2D eigenvalue weighted by molar-refractivity contribution is 5.95. The molecule has 1 fully saturated rings. The van der Waals surface area contributed by atoms with Crippen molar-refractivity contribution >= 4 is 17.5 Å². The van der Waals surface area contributed by atoms with Crippen molar-refractivity contribution in [1.29, 1.82) is 0 Å². The Hall–Kier alpha value is -2.82. The second kappa shape index (κ2) is 8.52. The van der Waals surface area contributed by atoms with Gasteiger partial charge < -0.3 is 14.5 Å². The number of nitrogens with zero attached hydrogens (tertiary/aromatic N) is 2. The Bertz CT molecular complexity index is 744. The van der Waals surface area contributed by atoms with Crippen LogP contribution in [0.4, 0.5) is 5.69 Å². The van der Waals surface area contributed by atoms with Crippen molar-refractivity contribution in [1.82, 2.24) is 4.90 Å². The Morgan fingerprint density at radius 2 is 1.85 bits per heavy atom. The van der Waals surface area contributed by atoms with Crippen LogP contribution < -0.4 is 9.64 Å². The highest BCUT2D eigenvalue weighted by Gasteiger charge is 2.21. The first kappa shape index (κ1) is 18.0. The van der Waals surface area contributed by atoms with E-state index in [4.69, 9.17) is 4.74 Å². The summed E-state index contributed by atoms with van der Waals surface area (Å²) >= 11 is 0. The fourth-order valence-electron chi connectivity index (χ4n) is 2.97. The number of carbonyl (C=O) groups excluding carboxylic acids is 2. The summed E-state index contributed by atoms with van der Waals surface area (Å²) in [5.41, 5.74) is 1.86. The van der Waals surface area contributed by atoms with Crippen LogP contribution in [0.1, 0.15) is 18.4 Å². The molecule has 0 N–H and O–H groups in total. The van der Waals surface area contributed by atoms with Crippen LogP contribution in [-0.4, -0.2) is 43.5 Å². The molecule has 1 aliphatic rings. The number of ether oxygens (including phenoxy) is 1. The van der Waals surface area contributed by atoms with E-state index < -0.39 is 0 Å². The zero-order chi connectivity index (χ0) is 18.4. The predicted molar refractivity (Wildman–Crippen MR) is 101 cm³/mol. The van der Waals surface area contributed by atoms with Crippen molar-refractivity contribution in [2.75, 3.05) is 31.6 Å². The fraction of sp³-hybridized carbons (Fsp3) is 0.333. The molecular formula is C21H24N2O3. The normalized spacial score (nSPS) is 13.7. The first-order valence-corrected chi connectivity index (χ1v) is 8.94. The van der Waals surface area contributed by atoms with E-state index in [0.29, 0.717) is 26.0 Å². The molecule has 2 aromatic rings. The Morgan fingerprint density at radius 1 is 1.12 bits per heavy atom. The monoisotopic (exact) mass is 352 g/mol. The molecule has 0 aliphatic carbocycles. The molecule has 2 aromatic carbocycles. The molecule has 0 radical (unpaired) electrons. The van der Waals surface area contributed by atoms with E-state index in [2.05, 4.69) is 0 Å². The van der Waals surface area contributed by atoms with Crippen molar-refractivity contribution in [2.24, 2.45) is 0 Å². The summed E-state index contributed by atoms with van der Waals surface area (Å²) in [4.78, 5) is 27.6. The van der Waals surface area contributed by atoms with Gasteiger partial charge in [-0.3, -0.25) is 9.59 Å². The van der Waals surface area contributed by atoms with Gasteiger partial charge in [0.1, 0.15) is 12.4 Å². The highest BCUT2D eigenvalue weighted by atomic mass is 16.5. The summed E-state index contributed by atoms with van der Waals surface area (Å²) in [7, 11) is 1.79. The average Bonchev–Trinajstić information content (AvgIpc) is 3.09. The average molecular weight is 352 g/mol. The van der Waals surface area contributed by atoms with Crippen LogP contribution in [0, 0.1) is 0 Å². The zero-order valence-electron chi connectivity index (χ0n) is 15.1. The topological polar surface area (TPSA) is 49.9 Å². The second-order valence-electron chi connectivity index (χ2n) is 6.47. The third kappa shape index (κ3) is 4.63. The minimum Gasteiger partial charge on any atom is -0.492 e. The Morgan fingerprint density at radius 3 is 2.50 bits per heavy atom. The predicted octanol–water partition coefficient (Wildman–Crippen LogP) is 2.89. The van der Waals surface area contributed by atoms with Crippen molar-refractivity contribution in [3.05, 3.63) is 60.2 Å². The molecule has 26 heavy (non-hydrogen) atoms. The molecule has 5 heteroatoms. The molecule has 1 heterocycles. The minimum atomic E-state index is 0.0478. The van der Waals surface area contributed by atoms with Gasteiger partial charge in [-0.05, 0) is 36.2 Å². The number of para-hydroxylation sites is 1. The molecule has 3 rings (SSSR count). The van der Waals surface area contributed by atoms with E-state index in [1.165, 1.54) is 0 Å². The van der Waals surface area contributed by atoms with Gasteiger partial charge in [-0.25, -0.2) is 0 Å². The minimum absolute atomic E-state index is 0.0478. The first-order chi connectivity index (χ1) is 12.6. The molecule has 1 aliphatic heterocycles. The number of hydrogen-bond acceptors (Lipinski definition) is 3. The Balaban J connectivity index is 1.47. The molecule has 0 aromatic heterocycles. The molecule has 0 atom stereocenters. The molecule has 2 amide bonds. The van der Waals surface area contributed by atoms with Crippen LogP contribution in [0.25, 0.3) is 0 Å². The van der Waals surface area contributed by atoms with Gasteiger partial charge in [-0.2, -0.15) is 0 Å². The van der Waals surface area contributed by atoms with E-state index in [1.54, 1.807) is 16.8 Å². The number of rotatable bonds is 7. The molecule has 0 saturated carbocycles.